The Bertz CT molecular complexity index is 604. The lowest BCUT2D eigenvalue weighted by Crippen LogP contribution is -2.07. The van der Waals surface area contributed by atoms with Gasteiger partial charge in [0.1, 0.15) is 5.82 Å². The van der Waals surface area contributed by atoms with E-state index in [-0.39, 0.29) is 0 Å². The van der Waals surface area contributed by atoms with E-state index in [0.717, 1.165) is 49.4 Å². The maximum absolute atomic E-state index is 5.85. The third-order valence-electron chi connectivity index (χ3n) is 3.45. The monoisotopic (exact) mass is 299 g/mol. The van der Waals surface area contributed by atoms with Crippen LogP contribution in [0.3, 0.4) is 0 Å². The lowest BCUT2D eigenvalue weighted by molar-refractivity contribution is 0.706. The first-order chi connectivity index (χ1) is 10.6. The van der Waals surface area contributed by atoms with E-state index in [1.54, 1.807) is 0 Å². The van der Waals surface area contributed by atoms with E-state index in [9.17, 15) is 0 Å². The second-order valence-corrected chi connectivity index (χ2v) is 5.65. The predicted octanol–water partition coefficient (Wildman–Crippen LogP) is 2.88. The highest BCUT2D eigenvalue weighted by molar-refractivity contribution is 5.65. The number of nitrogen functional groups attached to an aromatic ring is 1. The molecule has 0 amide bonds. The summed E-state index contributed by atoms with van der Waals surface area (Å²) in [7, 11) is 0. The zero-order chi connectivity index (χ0) is 15.9. The Morgan fingerprint density at radius 1 is 0.955 bits per heavy atom. The number of nitrogens with two attached hydrogens (primary N) is 2. The number of hydrogen-bond donors (Lipinski definition) is 3. The van der Waals surface area contributed by atoms with Gasteiger partial charge in [0.25, 0.3) is 0 Å². The number of nitrogens with zero attached hydrogens (tertiary/aromatic N) is 2. The molecule has 0 aliphatic rings. The maximum Gasteiger partial charge on any atom is 0.222 e. The van der Waals surface area contributed by atoms with Crippen molar-refractivity contribution in [1.29, 1.82) is 0 Å². The van der Waals surface area contributed by atoms with Gasteiger partial charge in [-0.15, -0.1) is 0 Å². The van der Waals surface area contributed by atoms with E-state index in [4.69, 9.17) is 11.5 Å². The summed E-state index contributed by atoms with van der Waals surface area (Å²) in [5.41, 5.74) is 15.7. The average molecular weight is 299 g/mol. The topological polar surface area (TPSA) is 89.8 Å². The van der Waals surface area contributed by atoms with Crippen molar-refractivity contribution >= 4 is 11.8 Å². The molecule has 0 saturated carbocycles. The molecule has 0 spiro atoms. The van der Waals surface area contributed by atoms with Gasteiger partial charge >= 0.3 is 0 Å². The molecule has 5 heteroatoms. The lowest BCUT2D eigenvalue weighted by atomic mass is 10.0. The quantitative estimate of drug-likeness (QED) is 0.684. The van der Waals surface area contributed by atoms with Crippen molar-refractivity contribution in [3.05, 3.63) is 35.4 Å². The minimum absolute atomic E-state index is 0.293. The van der Waals surface area contributed by atoms with Crippen LogP contribution in [0.4, 0.5) is 11.8 Å². The number of unbranched alkanes of at least 4 members (excludes halogenated alkanes) is 2. The molecule has 0 saturated heterocycles. The van der Waals surface area contributed by atoms with Gasteiger partial charge in [-0.1, -0.05) is 23.6 Å². The summed E-state index contributed by atoms with van der Waals surface area (Å²) in [6.45, 7) is 5.77. The van der Waals surface area contributed by atoms with Gasteiger partial charge in [0.05, 0.1) is 5.69 Å². The molecule has 0 atom stereocenters. The van der Waals surface area contributed by atoms with Crippen molar-refractivity contribution in [3.63, 3.8) is 0 Å². The first-order valence-corrected chi connectivity index (χ1v) is 7.75. The summed E-state index contributed by atoms with van der Waals surface area (Å²) in [6, 6.07) is 8.32. The third kappa shape index (κ3) is 4.70. The van der Waals surface area contributed by atoms with E-state index in [1.165, 1.54) is 11.1 Å². The Hall–Kier alpha value is -2.14. The average Bonchev–Trinajstić information content (AvgIpc) is 2.45. The molecule has 0 fully saturated rings. The minimum atomic E-state index is 0.293. The Balaban J connectivity index is 2.12. The number of aromatic nitrogens is 2. The van der Waals surface area contributed by atoms with Crippen LogP contribution < -0.4 is 16.8 Å². The van der Waals surface area contributed by atoms with E-state index in [2.05, 4.69) is 47.3 Å². The number of aryl methyl sites for hydroxylation is 2. The molecular formula is C17H25N5. The summed E-state index contributed by atoms with van der Waals surface area (Å²) in [5.74, 6) is 1.07. The second-order valence-electron chi connectivity index (χ2n) is 5.65. The predicted molar refractivity (Wildman–Crippen MR) is 92.7 cm³/mol. The molecule has 0 aliphatic carbocycles. The van der Waals surface area contributed by atoms with Crippen LogP contribution in [0.2, 0.25) is 0 Å². The number of anilines is 2. The standard InChI is InChI=1S/C17H25N5/c1-12-8-13(2)10-14(9-12)15-11-16(22-17(19)21-15)20-7-5-3-4-6-18/h8-11H,3-7,18H2,1-2H3,(H3,19,20,21,22). The number of hydrogen-bond acceptors (Lipinski definition) is 5. The van der Waals surface area contributed by atoms with Gasteiger partial charge in [-0.2, -0.15) is 4.98 Å². The van der Waals surface area contributed by atoms with Crippen LogP contribution in [0.1, 0.15) is 30.4 Å². The largest absolute Gasteiger partial charge is 0.370 e. The second kappa shape index (κ2) is 7.75. The highest BCUT2D eigenvalue weighted by atomic mass is 15.1. The third-order valence-corrected chi connectivity index (χ3v) is 3.45. The number of nitrogens with one attached hydrogen (secondary N) is 1. The Kier molecular flexibility index (Phi) is 5.72. The van der Waals surface area contributed by atoms with Gasteiger partial charge in [0.2, 0.25) is 5.95 Å². The summed E-state index contributed by atoms with van der Waals surface area (Å²) in [6.07, 6.45) is 3.25. The Morgan fingerprint density at radius 3 is 2.36 bits per heavy atom. The molecule has 0 aliphatic heterocycles. The molecular weight excluding hydrogens is 274 g/mol. The van der Waals surface area contributed by atoms with E-state index in [1.807, 2.05) is 6.07 Å². The highest BCUT2D eigenvalue weighted by Crippen LogP contribution is 2.23. The zero-order valence-electron chi connectivity index (χ0n) is 13.4. The molecule has 2 aromatic rings. The van der Waals surface area contributed by atoms with Crippen molar-refractivity contribution in [2.45, 2.75) is 33.1 Å². The summed E-state index contributed by atoms with van der Waals surface area (Å²) >= 11 is 0. The Labute approximate surface area is 132 Å². The molecule has 5 nitrogen and oxygen atoms in total. The molecule has 0 radical (unpaired) electrons. The summed E-state index contributed by atoms with van der Waals surface area (Å²) in [4.78, 5) is 8.61. The minimum Gasteiger partial charge on any atom is -0.370 e. The Morgan fingerprint density at radius 2 is 1.68 bits per heavy atom. The van der Waals surface area contributed by atoms with E-state index in [0.29, 0.717) is 5.95 Å². The molecule has 2 rings (SSSR count). The van der Waals surface area contributed by atoms with Gasteiger partial charge in [0.15, 0.2) is 0 Å². The van der Waals surface area contributed by atoms with Gasteiger partial charge in [0, 0.05) is 18.2 Å². The zero-order valence-corrected chi connectivity index (χ0v) is 13.4. The van der Waals surface area contributed by atoms with Gasteiger partial charge in [-0.25, -0.2) is 4.98 Å². The molecule has 22 heavy (non-hydrogen) atoms. The molecule has 0 bridgehead atoms. The van der Waals surface area contributed by atoms with Gasteiger partial charge in [-0.05, 0) is 45.4 Å². The summed E-state index contributed by atoms with van der Waals surface area (Å²) < 4.78 is 0. The fourth-order valence-corrected chi connectivity index (χ4v) is 2.49. The summed E-state index contributed by atoms with van der Waals surface area (Å²) in [5, 5.41) is 3.31. The van der Waals surface area contributed by atoms with Crippen LogP contribution in [0.5, 0.6) is 0 Å². The van der Waals surface area contributed by atoms with Crippen LogP contribution >= 0.6 is 0 Å². The normalized spacial score (nSPS) is 10.7. The smallest absolute Gasteiger partial charge is 0.222 e. The van der Waals surface area contributed by atoms with Crippen LogP contribution in [-0.2, 0) is 0 Å². The van der Waals surface area contributed by atoms with Crippen molar-refractivity contribution < 1.29 is 0 Å². The molecule has 1 heterocycles. The maximum atomic E-state index is 5.85. The van der Waals surface area contributed by atoms with E-state index < -0.39 is 0 Å². The van der Waals surface area contributed by atoms with Crippen LogP contribution in [0, 0.1) is 13.8 Å². The highest BCUT2D eigenvalue weighted by Gasteiger charge is 2.06. The molecule has 1 aromatic heterocycles. The van der Waals surface area contributed by atoms with Crippen LogP contribution in [0.15, 0.2) is 24.3 Å². The van der Waals surface area contributed by atoms with Crippen molar-refractivity contribution in [2.75, 3.05) is 24.1 Å². The molecule has 118 valence electrons. The first kappa shape index (κ1) is 16.2. The van der Waals surface area contributed by atoms with Gasteiger partial charge in [-0.3, -0.25) is 0 Å². The van der Waals surface area contributed by atoms with Crippen LogP contribution in [-0.4, -0.2) is 23.1 Å². The molecule has 0 unspecified atom stereocenters. The fraction of sp³-hybridized carbons (Fsp3) is 0.412. The number of benzene rings is 1. The van der Waals surface area contributed by atoms with Crippen molar-refractivity contribution in [3.8, 4) is 11.3 Å². The fourth-order valence-electron chi connectivity index (χ4n) is 2.49. The van der Waals surface area contributed by atoms with E-state index >= 15 is 0 Å². The van der Waals surface area contributed by atoms with Crippen LogP contribution in [0.25, 0.3) is 11.3 Å². The molecule has 5 N–H and O–H groups in total. The first-order valence-electron chi connectivity index (χ1n) is 7.75. The molecule has 1 aromatic carbocycles. The lowest BCUT2D eigenvalue weighted by Gasteiger charge is -2.09. The van der Waals surface area contributed by atoms with Crippen molar-refractivity contribution in [1.82, 2.24) is 9.97 Å². The number of rotatable bonds is 7. The SMILES string of the molecule is Cc1cc(C)cc(-c2cc(NCCCCCN)nc(N)n2)c1. The van der Waals surface area contributed by atoms with Gasteiger partial charge < -0.3 is 16.8 Å². The van der Waals surface area contributed by atoms with Crippen molar-refractivity contribution in [2.24, 2.45) is 5.73 Å².